The third-order valence-corrected chi connectivity index (χ3v) is 3.46. The van der Waals surface area contributed by atoms with Gasteiger partial charge in [-0.1, -0.05) is 37.3 Å². The van der Waals surface area contributed by atoms with Gasteiger partial charge in [0, 0.05) is 12.2 Å². The summed E-state index contributed by atoms with van der Waals surface area (Å²) in [6.07, 6.45) is 1.40. The number of halogens is 2. The molecular weight excluding hydrogens is 312 g/mol. The van der Waals surface area contributed by atoms with Crippen LogP contribution in [0.5, 0.6) is 5.75 Å². The number of ether oxygens (including phenoxy) is 1. The van der Waals surface area contributed by atoms with Crippen molar-refractivity contribution in [1.82, 2.24) is 0 Å². The lowest BCUT2D eigenvalue weighted by Gasteiger charge is -2.10. The summed E-state index contributed by atoms with van der Waals surface area (Å²) in [4.78, 5) is 4.23. The normalized spacial score (nSPS) is 11.6. The number of rotatable bonds is 7. The molecular formula is C18H21F2N3O. The maximum atomic E-state index is 12.4. The highest BCUT2D eigenvalue weighted by atomic mass is 19.3. The number of alkyl halides is 2. The lowest BCUT2D eigenvalue weighted by atomic mass is 10.1. The van der Waals surface area contributed by atoms with Gasteiger partial charge in [0.1, 0.15) is 5.75 Å². The molecule has 0 bridgehead atoms. The number of nitrogens with one attached hydrogen (secondary N) is 1. The van der Waals surface area contributed by atoms with Gasteiger partial charge < -0.3 is 15.8 Å². The molecule has 4 nitrogen and oxygen atoms in total. The van der Waals surface area contributed by atoms with Crippen molar-refractivity contribution in [1.29, 1.82) is 0 Å². The first-order valence-electron chi connectivity index (χ1n) is 7.77. The molecule has 0 aliphatic carbocycles. The number of nitrogens with zero attached hydrogens (tertiary/aromatic N) is 1. The Morgan fingerprint density at radius 1 is 1.21 bits per heavy atom. The minimum absolute atomic E-state index is 0.171. The van der Waals surface area contributed by atoms with Crippen LogP contribution in [-0.2, 0) is 12.8 Å². The molecule has 6 heteroatoms. The van der Waals surface area contributed by atoms with Gasteiger partial charge in [-0.15, -0.1) is 0 Å². The molecule has 0 amide bonds. The highest BCUT2D eigenvalue weighted by Gasteiger charge is 2.08. The van der Waals surface area contributed by atoms with Crippen LogP contribution in [0.2, 0.25) is 0 Å². The van der Waals surface area contributed by atoms with Crippen molar-refractivity contribution in [3.63, 3.8) is 0 Å². The van der Waals surface area contributed by atoms with Crippen LogP contribution in [0.15, 0.2) is 53.5 Å². The van der Waals surface area contributed by atoms with Gasteiger partial charge in [0.05, 0.1) is 0 Å². The number of anilines is 1. The minimum atomic E-state index is -2.84. The summed E-state index contributed by atoms with van der Waals surface area (Å²) in [7, 11) is 0. The Kier molecular flexibility index (Phi) is 6.54. The Morgan fingerprint density at radius 3 is 2.75 bits per heavy atom. The number of nitrogens with two attached hydrogens (primary N) is 1. The van der Waals surface area contributed by atoms with Crippen LogP contribution < -0.4 is 15.8 Å². The molecule has 0 aliphatic heterocycles. The van der Waals surface area contributed by atoms with Gasteiger partial charge in [-0.2, -0.15) is 8.78 Å². The number of hydrogen-bond donors (Lipinski definition) is 2. The molecule has 128 valence electrons. The molecule has 2 aromatic rings. The second-order valence-corrected chi connectivity index (χ2v) is 5.18. The summed E-state index contributed by atoms with van der Waals surface area (Å²) in [5.74, 6) is 0.459. The lowest BCUT2D eigenvalue weighted by Crippen LogP contribution is -2.23. The number of para-hydroxylation sites is 1. The molecule has 0 heterocycles. The van der Waals surface area contributed by atoms with E-state index in [1.165, 1.54) is 11.6 Å². The zero-order valence-corrected chi connectivity index (χ0v) is 13.5. The van der Waals surface area contributed by atoms with Gasteiger partial charge >= 0.3 is 6.61 Å². The Balaban J connectivity index is 1.93. The number of hydrogen-bond acceptors (Lipinski definition) is 2. The van der Waals surface area contributed by atoms with Crippen molar-refractivity contribution in [3.8, 4) is 5.75 Å². The summed E-state index contributed by atoms with van der Waals surface area (Å²) < 4.78 is 29.2. The van der Waals surface area contributed by atoms with Crippen LogP contribution in [0.4, 0.5) is 14.5 Å². The largest absolute Gasteiger partial charge is 0.435 e. The molecule has 0 radical (unpaired) electrons. The number of guanidine groups is 1. The van der Waals surface area contributed by atoms with Crippen LogP contribution in [-0.4, -0.2) is 19.1 Å². The van der Waals surface area contributed by atoms with Gasteiger partial charge in [-0.25, -0.2) is 0 Å². The van der Waals surface area contributed by atoms with E-state index in [1.807, 2.05) is 24.3 Å². The molecule has 2 rings (SSSR count). The Bertz CT molecular complexity index is 689. The first kappa shape index (κ1) is 17.7. The van der Waals surface area contributed by atoms with Gasteiger partial charge in [-0.05, 0) is 42.2 Å². The maximum absolute atomic E-state index is 12.4. The molecule has 0 saturated heterocycles. The molecule has 0 fully saturated rings. The van der Waals surface area contributed by atoms with Crippen LogP contribution in [0.25, 0.3) is 0 Å². The van der Waals surface area contributed by atoms with E-state index < -0.39 is 6.61 Å². The van der Waals surface area contributed by atoms with E-state index in [9.17, 15) is 8.78 Å². The Morgan fingerprint density at radius 2 is 2.00 bits per heavy atom. The van der Waals surface area contributed by atoms with Crippen molar-refractivity contribution in [2.24, 2.45) is 10.7 Å². The lowest BCUT2D eigenvalue weighted by molar-refractivity contribution is -0.0504. The van der Waals surface area contributed by atoms with Crippen LogP contribution in [0, 0.1) is 0 Å². The van der Waals surface area contributed by atoms with Crippen molar-refractivity contribution in [2.45, 2.75) is 26.4 Å². The van der Waals surface area contributed by atoms with Gasteiger partial charge in [0.15, 0.2) is 5.96 Å². The SMILES string of the molecule is CCc1cccc(NC(N)=NCCc2ccccc2OC(F)F)c1. The van der Waals surface area contributed by atoms with E-state index in [0.717, 1.165) is 12.1 Å². The average molecular weight is 333 g/mol. The summed E-state index contributed by atoms with van der Waals surface area (Å²) in [6, 6.07) is 14.6. The Hall–Kier alpha value is -2.63. The van der Waals surface area contributed by atoms with E-state index >= 15 is 0 Å². The van der Waals surface area contributed by atoms with E-state index in [4.69, 9.17) is 5.73 Å². The highest BCUT2D eigenvalue weighted by molar-refractivity contribution is 5.92. The predicted octanol–water partition coefficient (Wildman–Crippen LogP) is 3.82. The molecule has 0 aliphatic rings. The minimum Gasteiger partial charge on any atom is -0.435 e. The summed E-state index contributed by atoms with van der Waals surface area (Å²) in [5.41, 5.74) is 8.61. The Labute approximate surface area is 140 Å². The van der Waals surface area contributed by atoms with Gasteiger partial charge in [-0.3, -0.25) is 4.99 Å². The predicted molar refractivity (Wildman–Crippen MR) is 92.7 cm³/mol. The van der Waals surface area contributed by atoms with E-state index in [0.29, 0.717) is 18.5 Å². The molecule has 2 aromatic carbocycles. The topological polar surface area (TPSA) is 59.6 Å². The summed E-state index contributed by atoms with van der Waals surface area (Å²) >= 11 is 0. The van der Waals surface area contributed by atoms with Crippen LogP contribution in [0.1, 0.15) is 18.1 Å². The molecule has 24 heavy (non-hydrogen) atoms. The van der Waals surface area contributed by atoms with Crippen LogP contribution >= 0.6 is 0 Å². The van der Waals surface area contributed by atoms with Gasteiger partial charge in [0.25, 0.3) is 0 Å². The van der Waals surface area contributed by atoms with Crippen molar-refractivity contribution >= 4 is 11.6 Å². The smallest absolute Gasteiger partial charge is 0.387 e. The first-order valence-corrected chi connectivity index (χ1v) is 7.77. The van der Waals surface area contributed by atoms with E-state index in [2.05, 4.69) is 22.0 Å². The first-order chi connectivity index (χ1) is 11.6. The second kappa shape index (κ2) is 8.86. The third-order valence-electron chi connectivity index (χ3n) is 3.46. The van der Waals surface area contributed by atoms with Gasteiger partial charge in [0.2, 0.25) is 0 Å². The number of aryl methyl sites for hydroxylation is 1. The number of benzene rings is 2. The molecule has 0 aromatic heterocycles. The standard InChI is InChI=1S/C18H21F2N3O/c1-2-13-6-5-8-15(12-13)23-18(21)22-11-10-14-7-3-4-9-16(14)24-17(19)20/h3-9,12,17H,2,10-11H2,1H3,(H3,21,22,23). The van der Waals surface area contributed by atoms with E-state index in [-0.39, 0.29) is 11.7 Å². The van der Waals surface area contributed by atoms with Crippen molar-refractivity contribution < 1.29 is 13.5 Å². The van der Waals surface area contributed by atoms with Crippen molar-refractivity contribution in [2.75, 3.05) is 11.9 Å². The fourth-order valence-corrected chi connectivity index (χ4v) is 2.27. The number of aliphatic imine (C=N–C) groups is 1. The maximum Gasteiger partial charge on any atom is 0.387 e. The van der Waals surface area contributed by atoms with E-state index in [1.54, 1.807) is 18.2 Å². The monoisotopic (exact) mass is 333 g/mol. The molecule has 0 spiro atoms. The fourth-order valence-electron chi connectivity index (χ4n) is 2.27. The molecule has 0 atom stereocenters. The quantitative estimate of drug-likeness (QED) is 0.598. The highest BCUT2D eigenvalue weighted by Crippen LogP contribution is 2.20. The fraction of sp³-hybridized carbons (Fsp3) is 0.278. The summed E-state index contributed by atoms with van der Waals surface area (Å²) in [5, 5.41) is 3.03. The molecule has 3 N–H and O–H groups in total. The van der Waals surface area contributed by atoms with Crippen molar-refractivity contribution in [3.05, 3.63) is 59.7 Å². The second-order valence-electron chi connectivity index (χ2n) is 5.18. The zero-order valence-electron chi connectivity index (χ0n) is 13.5. The zero-order chi connectivity index (χ0) is 17.4. The average Bonchev–Trinajstić information content (AvgIpc) is 2.56. The summed E-state index contributed by atoms with van der Waals surface area (Å²) in [6.45, 7) is -0.391. The molecule has 0 unspecified atom stereocenters. The third kappa shape index (κ3) is 5.53. The van der Waals surface area contributed by atoms with Crippen LogP contribution in [0.3, 0.4) is 0 Å². The molecule has 0 saturated carbocycles.